The van der Waals surface area contributed by atoms with Crippen molar-refractivity contribution in [2.75, 3.05) is 4.72 Å². The summed E-state index contributed by atoms with van der Waals surface area (Å²) in [7, 11) is -3.77. The van der Waals surface area contributed by atoms with Crippen LogP contribution >= 0.6 is 22.9 Å². The van der Waals surface area contributed by atoms with E-state index in [2.05, 4.69) is 4.72 Å². The molecule has 23 heavy (non-hydrogen) atoms. The maximum absolute atomic E-state index is 12.5. The number of thiophene rings is 1. The Morgan fingerprint density at radius 1 is 1.17 bits per heavy atom. The summed E-state index contributed by atoms with van der Waals surface area (Å²) >= 11 is 7.10. The predicted octanol–water partition coefficient (Wildman–Crippen LogP) is 4.70. The van der Waals surface area contributed by atoms with Crippen molar-refractivity contribution in [2.45, 2.75) is 38.0 Å². The molecule has 1 aromatic carbocycles. The number of rotatable bonds is 4. The van der Waals surface area contributed by atoms with Crippen LogP contribution in [0.2, 0.25) is 5.02 Å². The van der Waals surface area contributed by atoms with E-state index < -0.39 is 10.0 Å². The zero-order valence-electron chi connectivity index (χ0n) is 13.3. The molecule has 0 radical (unpaired) electrons. The molecule has 0 aliphatic rings. The van der Waals surface area contributed by atoms with Crippen LogP contribution in [0.1, 0.15) is 42.2 Å². The fraction of sp³-hybridized carbons (Fsp3) is 0.312. The third-order valence-corrected chi connectivity index (χ3v) is 6.45. The van der Waals surface area contributed by atoms with Gasteiger partial charge in [0.05, 0.1) is 15.5 Å². The molecule has 0 aliphatic heterocycles. The summed E-state index contributed by atoms with van der Waals surface area (Å²) in [5.74, 6) is -0.167. The lowest BCUT2D eigenvalue weighted by molar-refractivity contribution is 0.102. The second kappa shape index (κ2) is 6.26. The first kappa shape index (κ1) is 18.0. The highest BCUT2D eigenvalue weighted by atomic mass is 35.5. The van der Waals surface area contributed by atoms with Crippen molar-refractivity contribution in [3.05, 3.63) is 45.1 Å². The van der Waals surface area contributed by atoms with Gasteiger partial charge in [0, 0.05) is 16.8 Å². The van der Waals surface area contributed by atoms with Crippen LogP contribution in [0.25, 0.3) is 0 Å². The first-order valence-electron chi connectivity index (χ1n) is 6.94. The van der Waals surface area contributed by atoms with E-state index in [4.69, 9.17) is 11.6 Å². The molecule has 4 nitrogen and oxygen atoms in total. The third-order valence-electron chi connectivity index (χ3n) is 3.16. The summed E-state index contributed by atoms with van der Waals surface area (Å²) in [6, 6.07) is 7.60. The average Bonchev–Trinajstić information content (AvgIpc) is 2.82. The minimum atomic E-state index is -3.77. The molecule has 2 aromatic rings. The number of ketones is 1. The molecule has 0 atom stereocenters. The number of hydrogen-bond donors (Lipinski definition) is 1. The first-order chi connectivity index (χ1) is 10.5. The average molecular weight is 372 g/mol. The van der Waals surface area contributed by atoms with Gasteiger partial charge < -0.3 is 0 Å². The molecule has 0 aliphatic carbocycles. The van der Waals surface area contributed by atoms with Gasteiger partial charge in [-0.3, -0.25) is 9.52 Å². The predicted molar refractivity (Wildman–Crippen MR) is 95.3 cm³/mol. The number of carbonyl (C=O) groups excluding carboxylic acids is 1. The highest BCUT2D eigenvalue weighted by molar-refractivity contribution is 7.92. The summed E-state index contributed by atoms with van der Waals surface area (Å²) in [6.45, 7) is 7.47. The molecule has 0 saturated heterocycles. The monoisotopic (exact) mass is 371 g/mol. The van der Waals surface area contributed by atoms with Crippen molar-refractivity contribution in [1.29, 1.82) is 0 Å². The van der Waals surface area contributed by atoms with Gasteiger partial charge in [-0.2, -0.15) is 0 Å². The molecule has 0 amide bonds. The molecule has 0 fully saturated rings. The second-order valence-electron chi connectivity index (χ2n) is 6.22. The van der Waals surface area contributed by atoms with Gasteiger partial charge in [0.15, 0.2) is 5.78 Å². The number of benzene rings is 1. The summed E-state index contributed by atoms with van der Waals surface area (Å²) < 4.78 is 27.5. The molecule has 1 heterocycles. The van der Waals surface area contributed by atoms with Crippen LogP contribution in [0.4, 0.5) is 5.69 Å². The maximum Gasteiger partial charge on any atom is 0.261 e. The van der Waals surface area contributed by atoms with Crippen molar-refractivity contribution in [1.82, 2.24) is 0 Å². The van der Waals surface area contributed by atoms with Gasteiger partial charge in [0.25, 0.3) is 10.0 Å². The molecular formula is C16H18ClNO3S2. The Balaban J connectivity index is 2.44. The van der Waals surface area contributed by atoms with Gasteiger partial charge in [-0.1, -0.05) is 32.4 Å². The Hall–Kier alpha value is -1.37. The van der Waals surface area contributed by atoms with Crippen LogP contribution in [-0.2, 0) is 15.4 Å². The zero-order chi connectivity index (χ0) is 17.4. The van der Waals surface area contributed by atoms with Crippen LogP contribution < -0.4 is 4.72 Å². The Morgan fingerprint density at radius 3 is 2.22 bits per heavy atom. The summed E-state index contributed by atoms with van der Waals surface area (Å²) in [5.41, 5.74) is 0.154. The largest absolute Gasteiger partial charge is 0.294 e. The van der Waals surface area contributed by atoms with Crippen molar-refractivity contribution in [3.8, 4) is 0 Å². The number of carbonyl (C=O) groups is 1. The van der Waals surface area contributed by atoms with Gasteiger partial charge in [0.2, 0.25) is 0 Å². The Bertz CT molecular complexity index is 831. The number of anilines is 1. The smallest absolute Gasteiger partial charge is 0.261 e. The molecule has 7 heteroatoms. The number of halogens is 1. The normalized spacial score (nSPS) is 12.2. The molecule has 0 unspecified atom stereocenters. The second-order valence-corrected chi connectivity index (χ2v) is 9.39. The Kier molecular flexibility index (Phi) is 4.89. The number of Topliss-reactive ketones (excluding diaryl/α,β-unsaturated/α-hetero) is 1. The van der Waals surface area contributed by atoms with E-state index in [1.54, 1.807) is 6.07 Å². The van der Waals surface area contributed by atoms with Crippen molar-refractivity contribution >= 4 is 44.4 Å². The number of hydrogen-bond acceptors (Lipinski definition) is 4. The fourth-order valence-electron chi connectivity index (χ4n) is 1.92. The quantitative estimate of drug-likeness (QED) is 0.792. The maximum atomic E-state index is 12.5. The molecular weight excluding hydrogens is 354 g/mol. The summed E-state index contributed by atoms with van der Waals surface area (Å²) in [4.78, 5) is 13.3. The van der Waals surface area contributed by atoms with E-state index in [-0.39, 0.29) is 16.1 Å². The van der Waals surface area contributed by atoms with E-state index in [0.717, 1.165) is 4.88 Å². The zero-order valence-corrected chi connectivity index (χ0v) is 15.7. The highest BCUT2D eigenvalue weighted by Gasteiger charge is 2.24. The molecule has 124 valence electrons. The van der Waals surface area contributed by atoms with Crippen LogP contribution in [-0.4, -0.2) is 14.2 Å². The van der Waals surface area contributed by atoms with E-state index in [1.807, 2.05) is 20.8 Å². The van der Waals surface area contributed by atoms with Gasteiger partial charge in [-0.15, -0.1) is 11.3 Å². The van der Waals surface area contributed by atoms with Crippen molar-refractivity contribution < 1.29 is 13.2 Å². The minimum absolute atomic E-state index is 0.0971. The molecule has 1 aromatic heterocycles. The Labute approximate surface area is 145 Å². The van der Waals surface area contributed by atoms with Gasteiger partial charge >= 0.3 is 0 Å². The molecule has 0 bridgehead atoms. The number of nitrogens with one attached hydrogen (secondary N) is 1. The topological polar surface area (TPSA) is 63.2 Å². The minimum Gasteiger partial charge on any atom is -0.294 e. The molecule has 2 rings (SSSR count). The highest BCUT2D eigenvalue weighted by Crippen LogP contribution is 2.36. The van der Waals surface area contributed by atoms with Gasteiger partial charge in [-0.05, 0) is 35.7 Å². The first-order valence-corrected chi connectivity index (χ1v) is 9.62. The number of sulfonamides is 1. The molecule has 0 spiro atoms. The lowest BCUT2D eigenvalue weighted by Gasteiger charge is -2.15. The van der Waals surface area contributed by atoms with Crippen LogP contribution in [0.5, 0.6) is 0 Å². The van der Waals surface area contributed by atoms with Crippen LogP contribution in [0, 0.1) is 0 Å². The molecule has 1 N–H and O–H groups in total. The standard InChI is InChI=1S/C16H18ClNO3S2/c1-10(19)15-13(9-14(22-15)16(2,3)4)18-23(20,21)12-7-5-11(17)6-8-12/h5-9,18H,1-4H3. The van der Waals surface area contributed by atoms with E-state index in [1.165, 1.54) is 42.5 Å². The fourth-order valence-corrected chi connectivity index (χ4v) is 4.24. The molecule has 0 saturated carbocycles. The van der Waals surface area contributed by atoms with Crippen LogP contribution in [0.3, 0.4) is 0 Å². The van der Waals surface area contributed by atoms with Gasteiger partial charge in [0.1, 0.15) is 0 Å². The van der Waals surface area contributed by atoms with Crippen LogP contribution in [0.15, 0.2) is 35.2 Å². The van der Waals surface area contributed by atoms with Crippen molar-refractivity contribution in [3.63, 3.8) is 0 Å². The van der Waals surface area contributed by atoms with E-state index >= 15 is 0 Å². The van der Waals surface area contributed by atoms with E-state index in [9.17, 15) is 13.2 Å². The lowest BCUT2D eigenvalue weighted by Crippen LogP contribution is -2.14. The van der Waals surface area contributed by atoms with Gasteiger partial charge in [-0.25, -0.2) is 8.42 Å². The third kappa shape index (κ3) is 4.13. The summed E-state index contributed by atoms with van der Waals surface area (Å²) in [6.07, 6.45) is 0. The summed E-state index contributed by atoms with van der Waals surface area (Å²) in [5, 5.41) is 0.457. The lowest BCUT2D eigenvalue weighted by atomic mass is 9.94. The van der Waals surface area contributed by atoms with Crippen molar-refractivity contribution in [2.24, 2.45) is 0 Å². The SMILES string of the molecule is CC(=O)c1sc(C(C)(C)C)cc1NS(=O)(=O)c1ccc(Cl)cc1. The Morgan fingerprint density at radius 2 is 1.74 bits per heavy atom. The van der Waals surface area contributed by atoms with E-state index in [0.29, 0.717) is 15.6 Å².